The van der Waals surface area contributed by atoms with Crippen LogP contribution in [-0.4, -0.2) is 52.9 Å². The average Bonchev–Trinajstić information content (AvgIpc) is 3.40. The van der Waals surface area contributed by atoms with Crippen molar-refractivity contribution in [1.29, 1.82) is 0 Å². The van der Waals surface area contributed by atoms with E-state index in [9.17, 15) is 29.1 Å². The monoisotopic (exact) mass is 1050 g/mol. The Hall–Kier alpha value is -7.54. The first-order valence-electron chi connectivity index (χ1n) is 23.7. The maximum Gasteiger partial charge on any atom is 0.354 e. The van der Waals surface area contributed by atoms with Gasteiger partial charge in [0.15, 0.2) is 17.9 Å². The van der Waals surface area contributed by atoms with Crippen molar-refractivity contribution in [3.8, 4) is 11.5 Å². The molecule has 1 amide bonds. The topological polar surface area (TPSA) is 227 Å². The van der Waals surface area contributed by atoms with Crippen molar-refractivity contribution in [2.45, 2.75) is 59.4 Å². The van der Waals surface area contributed by atoms with Gasteiger partial charge in [-0.2, -0.15) is 0 Å². The van der Waals surface area contributed by atoms with Crippen LogP contribution in [-0.2, 0) is 17.9 Å². The number of nitrogens with one attached hydrogen (secondary N) is 2. The Bertz CT molecular complexity index is 3720. The van der Waals surface area contributed by atoms with Gasteiger partial charge in [0.1, 0.15) is 31.9 Å². The first kappa shape index (κ1) is 52.8. The Kier molecular flexibility index (Phi) is 17.4. The molecule has 0 fully saturated rings. The van der Waals surface area contributed by atoms with Crippen LogP contribution in [0.3, 0.4) is 0 Å². The highest BCUT2D eigenvalue weighted by Crippen LogP contribution is 2.39. The van der Waals surface area contributed by atoms with E-state index in [1.807, 2.05) is 98.8 Å². The van der Waals surface area contributed by atoms with Crippen molar-refractivity contribution in [1.82, 2.24) is 19.8 Å². The van der Waals surface area contributed by atoms with E-state index in [1.165, 1.54) is 16.3 Å². The predicted octanol–water partition coefficient (Wildman–Crippen LogP) is 8.84. The largest absolute Gasteiger partial charge is 0.505 e. The van der Waals surface area contributed by atoms with Gasteiger partial charge >= 0.3 is 11.3 Å². The fourth-order valence-electron chi connectivity index (χ4n) is 8.03. The van der Waals surface area contributed by atoms with Gasteiger partial charge in [0.05, 0.1) is 24.3 Å². The van der Waals surface area contributed by atoms with E-state index in [-0.39, 0.29) is 62.0 Å². The van der Waals surface area contributed by atoms with Crippen LogP contribution in [0.25, 0.3) is 32.8 Å². The number of ether oxygens (including phenoxy) is 1. The summed E-state index contributed by atoms with van der Waals surface area (Å²) in [5.41, 5.74) is 14.0. The van der Waals surface area contributed by atoms with Crippen molar-refractivity contribution in [3.05, 3.63) is 202 Å². The molecule has 0 aliphatic heterocycles. The Balaban J connectivity index is 0.000000221. The number of carbonyl (C=O) groups is 1. The molecule has 0 unspecified atom stereocenters. The third kappa shape index (κ3) is 12.6. The number of nitrogens with two attached hydrogens (primary N) is 2. The first-order valence-corrected chi connectivity index (χ1v) is 25.7. The zero-order valence-corrected chi connectivity index (χ0v) is 42.9. The van der Waals surface area contributed by atoms with Gasteiger partial charge in [0.25, 0.3) is 17.0 Å². The summed E-state index contributed by atoms with van der Waals surface area (Å²) in [7, 11) is 0. The van der Waals surface area contributed by atoms with E-state index in [0.29, 0.717) is 51.9 Å². The van der Waals surface area contributed by atoms with Crippen molar-refractivity contribution < 1.29 is 23.5 Å². The summed E-state index contributed by atoms with van der Waals surface area (Å²) in [6.45, 7) is 6.89. The zero-order chi connectivity index (χ0) is 52.3. The van der Waals surface area contributed by atoms with Gasteiger partial charge in [0.2, 0.25) is 0 Å². The van der Waals surface area contributed by atoms with Gasteiger partial charge in [-0.05, 0) is 99.9 Å². The maximum atomic E-state index is 14.1. The number of anilines is 1. The van der Waals surface area contributed by atoms with E-state index in [0.717, 1.165) is 59.3 Å². The number of hydrogen-bond acceptors (Lipinski definition) is 14. The van der Waals surface area contributed by atoms with E-state index >= 15 is 0 Å². The number of aromatic hydroxyl groups is 1. The van der Waals surface area contributed by atoms with E-state index in [4.69, 9.17) is 36.6 Å². The molecule has 5 aromatic carbocycles. The molecule has 0 aliphatic rings. The molecule has 7 N–H and O–H groups in total. The molecule has 15 nitrogen and oxygen atoms in total. The minimum atomic E-state index is -0.793. The standard InChI is InChI=1S/C34H35ClN4O6S.C22H18N2O3S/c1-21-7-9-22(10-8-21)19-39-27-18-24(44-20-28(40)38-16-4-15-37-14-3-13-36)11-12-26(27)31-29(33(39)42)30(41)32(34(43)45-31)46-25-6-2-5-23(35)17-25;1-14-12-17-18(21(25)24(14)13-15-8-4-2-5-9-15)19(23)20(22(26)27-17)28-16-10-6-3-7-11-16/h2,5-12,17-18,37,41H,3-4,13-16,19-20,36H2,1H3,(H,38,40);2-12H,13,23H2,1H3. The maximum absolute atomic E-state index is 14.1. The molecular formula is C56H53ClN6O9S2. The molecule has 9 rings (SSSR count). The molecular weight excluding hydrogens is 1000 g/mol. The molecule has 0 aliphatic carbocycles. The number of halogens is 1. The minimum absolute atomic E-state index is 0.0394. The first-order chi connectivity index (χ1) is 35.8. The number of nitrogen functional groups attached to an aromatic ring is 1. The third-order valence-corrected chi connectivity index (χ3v) is 14.2. The number of nitrogens with zero attached hydrogens (tertiary/aromatic N) is 2. The lowest BCUT2D eigenvalue weighted by Gasteiger charge is -2.16. The van der Waals surface area contributed by atoms with Gasteiger partial charge in [-0.15, -0.1) is 0 Å². The van der Waals surface area contributed by atoms with Crippen molar-refractivity contribution in [2.75, 3.05) is 38.5 Å². The average molecular weight is 1050 g/mol. The summed E-state index contributed by atoms with van der Waals surface area (Å²) >= 11 is 8.28. The number of rotatable bonds is 18. The van der Waals surface area contributed by atoms with Gasteiger partial charge in [-0.25, -0.2) is 9.59 Å². The highest BCUT2D eigenvalue weighted by Gasteiger charge is 2.24. The number of hydrogen-bond donors (Lipinski definition) is 5. The third-order valence-electron chi connectivity index (χ3n) is 11.8. The summed E-state index contributed by atoms with van der Waals surface area (Å²) in [4.78, 5) is 66.9. The molecule has 74 heavy (non-hydrogen) atoms. The smallest absolute Gasteiger partial charge is 0.354 e. The summed E-state index contributed by atoms with van der Waals surface area (Å²) in [6, 6.07) is 40.2. The molecule has 0 radical (unpaired) electrons. The molecule has 380 valence electrons. The highest BCUT2D eigenvalue weighted by atomic mass is 35.5. The fourth-order valence-corrected chi connectivity index (χ4v) is 10.0. The van der Waals surface area contributed by atoms with Crippen molar-refractivity contribution >= 4 is 79.6 Å². The van der Waals surface area contributed by atoms with Crippen LogP contribution in [0, 0.1) is 13.8 Å². The lowest BCUT2D eigenvalue weighted by molar-refractivity contribution is -0.123. The number of aromatic nitrogens is 2. The molecule has 0 bridgehead atoms. The Morgan fingerprint density at radius 1 is 0.703 bits per heavy atom. The number of carbonyl (C=O) groups excluding carboxylic acids is 1. The van der Waals surface area contributed by atoms with Crippen LogP contribution in [0.15, 0.2) is 181 Å². The number of aryl methyl sites for hydroxylation is 2. The van der Waals surface area contributed by atoms with Gasteiger partial charge < -0.3 is 49.9 Å². The summed E-state index contributed by atoms with van der Waals surface area (Å²) in [6.07, 6.45) is 1.67. The number of amides is 1. The van der Waals surface area contributed by atoms with Gasteiger partial charge in [-0.1, -0.05) is 120 Å². The Morgan fingerprint density at radius 2 is 1.35 bits per heavy atom. The molecule has 0 spiro atoms. The SMILES string of the molecule is Cc1cc2oc(=O)c(Sc3ccccc3)c(N)c2c(=O)n1Cc1ccccc1.Cc1ccc(Cn2c(=O)c3c(O)c(Sc4cccc(Cl)c4)c(=O)oc3c3ccc(OCC(=O)NCCCNCCCN)cc32)cc1. The number of fused-ring (bicyclic) bond motifs is 4. The molecule has 0 saturated carbocycles. The van der Waals surface area contributed by atoms with Gasteiger partial charge in [-0.3, -0.25) is 14.4 Å². The van der Waals surface area contributed by atoms with E-state index in [2.05, 4.69) is 10.6 Å². The second kappa shape index (κ2) is 24.5. The van der Waals surface area contributed by atoms with Gasteiger partial charge in [0, 0.05) is 44.6 Å². The highest BCUT2D eigenvalue weighted by molar-refractivity contribution is 7.99. The Morgan fingerprint density at radius 3 is 2.08 bits per heavy atom. The minimum Gasteiger partial charge on any atom is -0.505 e. The van der Waals surface area contributed by atoms with Crippen LogP contribution < -0.4 is 49.2 Å². The van der Waals surface area contributed by atoms with Crippen LogP contribution in [0.2, 0.25) is 5.02 Å². The molecule has 4 heterocycles. The lowest BCUT2D eigenvalue weighted by Crippen LogP contribution is -2.31. The second-order valence-corrected chi connectivity index (χ2v) is 19.8. The molecule has 0 atom stereocenters. The van der Waals surface area contributed by atoms with Crippen LogP contribution in [0.4, 0.5) is 5.69 Å². The molecule has 0 saturated heterocycles. The molecule has 18 heteroatoms. The summed E-state index contributed by atoms with van der Waals surface area (Å²) < 4.78 is 20.1. The predicted molar refractivity (Wildman–Crippen MR) is 293 cm³/mol. The Labute approximate surface area is 438 Å². The van der Waals surface area contributed by atoms with E-state index in [1.54, 1.807) is 53.1 Å². The summed E-state index contributed by atoms with van der Waals surface area (Å²) in [5, 5.41) is 18.5. The van der Waals surface area contributed by atoms with Crippen LogP contribution in [0.1, 0.15) is 35.2 Å². The van der Waals surface area contributed by atoms with Crippen LogP contribution in [0.5, 0.6) is 11.5 Å². The number of pyridine rings is 2. The summed E-state index contributed by atoms with van der Waals surface area (Å²) in [5.74, 6) is -0.396. The zero-order valence-electron chi connectivity index (χ0n) is 40.5. The fraction of sp³-hybridized carbons (Fsp3) is 0.196. The number of benzene rings is 5. The molecule has 4 aromatic heterocycles. The quantitative estimate of drug-likeness (QED) is 0.0400. The van der Waals surface area contributed by atoms with Crippen molar-refractivity contribution in [2.24, 2.45) is 5.73 Å². The lowest BCUT2D eigenvalue weighted by atomic mass is 10.1. The molecule has 9 aromatic rings. The normalized spacial score (nSPS) is 11.2. The van der Waals surface area contributed by atoms with Crippen molar-refractivity contribution in [3.63, 3.8) is 0 Å². The van der Waals surface area contributed by atoms with Crippen LogP contribution >= 0.6 is 35.1 Å². The second-order valence-electron chi connectivity index (χ2n) is 17.2. The van der Waals surface area contributed by atoms with E-state index < -0.39 is 22.6 Å².